The van der Waals surface area contributed by atoms with Gasteiger partial charge in [0.15, 0.2) is 0 Å². The van der Waals surface area contributed by atoms with E-state index >= 15 is 8.78 Å². The number of ether oxygens (including phenoxy) is 1. The topological polar surface area (TPSA) is 9.23 Å². The lowest BCUT2D eigenvalue weighted by Gasteiger charge is -2.29. The van der Waals surface area contributed by atoms with E-state index in [1.54, 1.807) is 6.07 Å². The minimum absolute atomic E-state index is 0.120. The average molecular weight is 697 g/mol. The van der Waals surface area contributed by atoms with Crippen LogP contribution in [-0.2, 0) is 12.5 Å². The minimum Gasteiger partial charge on any atom is -0.429 e. The molecule has 0 radical (unpaired) electrons. The highest BCUT2D eigenvalue weighted by atomic mass is 19.4. The maximum absolute atomic E-state index is 15.3. The van der Waals surface area contributed by atoms with Gasteiger partial charge in [0, 0.05) is 17.2 Å². The van der Waals surface area contributed by atoms with Gasteiger partial charge in [-0.3, -0.25) is 0 Å². The maximum atomic E-state index is 15.3. The van der Waals surface area contributed by atoms with Gasteiger partial charge in [-0.2, -0.15) is 22.0 Å². The monoisotopic (exact) mass is 696 g/mol. The fourth-order valence-electron chi connectivity index (χ4n) is 6.56. The Kier molecular flexibility index (Phi) is 11.0. The van der Waals surface area contributed by atoms with E-state index in [0.717, 1.165) is 43.4 Å². The Morgan fingerprint density at radius 3 is 1.84 bits per heavy atom. The second-order valence-electron chi connectivity index (χ2n) is 12.6. The van der Waals surface area contributed by atoms with Gasteiger partial charge in [-0.05, 0) is 90.1 Å². The van der Waals surface area contributed by atoms with Crippen LogP contribution in [0.2, 0.25) is 0 Å². The summed E-state index contributed by atoms with van der Waals surface area (Å²) in [6.07, 6.45) is -2.18. The van der Waals surface area contributed by atoms with Crippen molar-refractivity contribution in [3.05, 3.63) is 113 Å². The van der Waals surface area contributed by atoms with Crippen LogP contribution in [0, 0.1) is 35.0 Å². The molecular formula is C38H34F10O. The third-order valence-electron chi connectivity index (χ3n) is 9.11. The average Bonchev–Trinajstić information content (AvgIpc) is 3.01. The Labute approximate surface area is 277 Å². The van der Waals surface area contributed by atoms with Gasteiger partial charge in [-0.1, -0.05) is 62.9 Å². The van der Waals surface area contributed by atoms with Crippen LogP contribution < -0.4 is 4.74 Å². The molecule has 0 spiro atoms. The Hall–Kier alpha value is -4.02. The van der Waals surface area contributed by atoms with E-state index < -0.39 is 70.2 Å². The summed E-state index contributed by atoms with van der Waals surface area (Å²) < 4.78 is 146. The molecule has 1 aliphatic carbocycles. The van der Waals surface area contributed by atoms with E-state index in [-0.39, 0.29) is 28.7 Å². The lowest BCUT2D eigenvalue weighted by atomic mass is 9.77. The van der Waals surface area contributed by atoms with Crippen molar-refractivity contribution in [1.29, 1.82) is 0 Å². The first-order valence-electron chi connectivity index (χ1n) is 16.2. The zero-order chi connectivity index (χ0) is 35.5. The zero-order valence-corrected chi connectivity index (χ0v) is 26.6. The Morgan fingerprint density at radius 2 is 1.24 bits per heavy atom. The molecule has 1 aliphatic rings. The van der Waals surface area contributed by atoms with Crippen LogP contribution >= 0.6 is 0 Å². The molecule has 0 aliphatic heterocycles. The fraction of sp³-hybridized carbons (Fsp3) is 0.368. The van der Waals surface area contributed by atoms with E-state index in [0.29, 0.717) is 30.2 Å². The van der Waals surface area contributed by atoms with Crippen molar-refractivity contribution in [2.75, 3.05) is 0 Å². The molecule has 49 heavy (non-hydrogen) atoms. The molecule has 0 saturated heterocycles. The van der Waals surface area contributed by atoms with Crippen molar-refractivity contribution in [3.8, 4) is 28.0 Å². The minimum atomic E-state index is -4.77. The number of hydrogen-bond acceptors (Lipinski definition) is 1. The highest BCUT2D eigenvalue weighted by molar-refractivity contribution is 5.72. The van der Waals surface area contributed by atoms with Crippen LogP contribution in [0.1, 0.15) is 80.9 Å². The predicted octanol–water partition coefficient (Wildman–Crippen LogP) is 12.8. The van der Waals surface area contributed by atoms with E-state index in [9.17, 15) is 35.1 Å². The lowest BCUT2D eigenvalue weighted by Crippen LogP contribution is -2.25. The summed E-state index contributed by atoms with van der Waals surface area (Å²) >= 11 is 0. The van der Waals surface area contributed by atoms with Gasteiger partial charge >= 0.3 is 12.3 Å². The van der Waals surface area contributed by atoms with Gasteiger partial charge in [0.2, 0.25) is 0 Å². The molecule has 11 heteroatoms. The van der Waals surface area contributed by atoms with E-state index in [1.165, 1.54) is 37.8 Å². The molecule has 4 aromatic carbocycles. The van der Waals surface area contributed by atoms with Crippen LogP contribution in [0.3, 0.4) is 0 Å². The quantitative estimate of drug-likeness (QED) is 0.112. The number of alkyl halides is 5. The summed E-state index contributed by atoms with van der Waals surface area (Å²) in [5.74, 6) is -6.75. The highest BCUT2D eigenvalue weighted by Gasteiger charge is 2.41. The van der Waals surface area contributed by atoms with Crippen molar-refractivity contribution in [3.63, 3.8) is 0 Å². The third-order valence-corrected chi connectivity index (χ3v) is 9.11. The van der Waals surface area contributed by atoms with Crippen molar-refractivity contribution < 1.29 is 48.6 Å². The number of unbranched alkanes of at least 4 members (excludes halogenated alkanes) is 2. The molecular weight excluding hydrogens is 662 g/mol. The zero-order valence-electron chi connectivity index (χ0n) is 26.6. The molecule has 0 atom stereocenters. The first-order chi connectivity index (χ1) is 23.1. The molecule has 262 valence electrons. The summed E-state index contributed by atoms with van der Waals surface area (Å²) in [6, 6.07) is 10.6. The Bertz CT molecular complexity index is 1750. The molecule has 0 aromatic heterocycles. The van der Waals surface area contributed by atoms with Crippen LogP contribution in [0.25, 0.3) is 22.3 Å². The SMILES string of the molecule is CCCCCC1CCC(c2ccc(-c3ccc(-c4cc(F)c(C(F)(F)Oc5ccc(CC(F)(F)F)c(F)c5)c(F)c4)c(F)c3)c(F)c2)CC1. The van der Waals surface area contributed by atoms with E-state index in [1.807, 2.05) is 6.07 Å². The van der Waals surface area contributed by atoms with Gasteiger partial charge in [-0.25, -0.2) is 22.0 Å². The summed E-state index contributed by atoms with van der Waals surface area (Å²) in [5.41, 5.74) is -2.36. The second kappa shape index (κ2) is 14.8. The van der Waals surface area contributed by atoms with Gasteiger partial charge in [0.25, 0.3) is 0 Å². The standard InChI is InChI=1S/C38H34F10O/c1-2-3-4-5-22-6-8-23(9-7-22)24-11-14-29(32(40)16-24)25-12-15-30(33(41)17-25)27-18-34(42)36(35(43)19-27)38(47,48)49-28-13-10-26(31(39)20-28)21-37(44,45)46/h10-20,22-23H,2-9,21H2,1H3. The first-order valence-corrected chi connectivity index (χ1v) is 16.2. The van der Waals surface area contributed by atoms with E-state index in [4.69, 9.17) is 0 Å². The molecule has 1 saturated carbocycles. The van der Waals surface area contributed by atoms with Crippen molar-refractivity contribution in [1.82, 2.24) is 0 Å². The van der Waals surface area contributed by atoms with Gasteiger partial charge in [0.05, 0.1) is 6.42 Å². The molecule has 4 aromatic rings. The summed E-state index contributed by atoms with van der Waals surface area (Å²) in [4.78, 5) is 0. The summed E-state index contributed by atoms with van der Waals surface area (Å²) in [5, 5.41) is 0. The largest absolute Gasteiger partial charge is 0.432 e. The number of benzene rings is 4. The Morgan fingerprint density at radius 1 is 0.633 bits per heavy atom. The highest BCUT2D eigenvalue weighted by Crippen LogP contribution is 2.41. The van der Waals surface area contributed by atoms with E-state index in [2.05, 4.69) is 11.7 Å². The molecule has 0 amide bonds. The number of hydrogen-bond donors (Lipinski definition) is 0. The third kappa shape index (κ3) is 8.78. The molecule has 1 nitrogen and oxygen atoms in total. The van der Waals surface area contributed by atoms with Crippen molar-refractivity contribution >= 4 is 0 Å². The predicted molar refractivity (Wildman–Crippen MR) is 167 cm³/mol. The lowest BCUT2D eigenvalue weighted by molar-refractivity contribution is -0.189. The van der Waals surface area contributed by atoms with Crippen molar-refractivity contribution in [2.24, 2.45) is 5.92 Å². The summed E-state index contributed by atoms with van der Waals surface area (Å²) in [7, 11) is 0. The molecule has 0 heterocycles. The van der Waals surface area contributed by atoms with Crippen LogP contribution in [0.4, 0.5) is 43.9 Å². The maximum Gasteiger partial charge on any atom is 0.432 e. The van der Waals surface area contributed by atoms with Gasteiger partial charge in [-0.15, -0.1) is 0 Å². The molecule has 0 unspecified atom stereocenters. The first kappa shape index (κ1) is 36.3. The van der Waals surface area contributed by atoms with Crippen LogP contribution in [0.5, 0.6) is 5.75 Å². The van der Waals surface area contributed by atoms with Crippen molar-refractivity contribution in [2.45, 2.75) is 82.9 Å². The molecule has 0 N–H and O–H groups in total. The fourth-order valence-corrected chi connectivity index (χ4v) is 6.56. The van der Waals surface area contributed by atoms with Gasteiger partial charge < -0.3 is 4.74 Å². The smallest absolute Gasteiger partial charge is 0.429 e. The van der Waals surface area contributed by atoms with Crippen LogP contribution in [-0.4, -0.2) is 6.18 Å². The second-order valence-corrected chi connectivity index (χ2v) is 12.6. The molecule has 1 fully saturated rings. The molecule has 0 bridgehead atoms. The normalized spacial score (nSPS) is 17.0. The number of halogens is 10. The Balaban J connectivity index is 1.30. The summed E-state index contributed by atoms with van der Waals surface area (Å²) in [6.45, 7) is 2.18. The van der Waals surface area contributed by atoms with Gasteiger partial charge in [0.1, 0.15) is 40.4 Å². The van der Waals surface area contributed by atoms with Crippen LogP contribution in [0.15, 0.2) is 66.7 Å². The molecule has 5 rings (SSSR count). The number of rotatable bonds is 11.